The zero-order valence-electron chi connectivity index (χ0n) is 16.7. The van der Waals surface area contributed by atoms with Crippen LogP contribution in [0.1, 0.15) is 25.5 Å². The number of rotatable bonds is 7. The molecule has 0 aliphatic rings. The van der Waals surface area contributed by atoms with Crippen molar-refractivity contribution in [3.05, 3.63) is 64.7 Å². The summed E-state index contributed by atoms with van der Waals surface area (Å²) in [6, 6.07) is 11.6. The molecule has 4 N–H and O–H groups in total. The Bertz CT molecular complexity index is 928. The average molecular weight is 479 g/mol. The van der Waals surface area contributed by atoms with Crippen molar-refractivity contribution < 1.29 is 29.4 Å². The minimum Gasteiger partial charge on any atom is -0.504 e. The van der Waals surface area contributed by atoms with Crippen LogP contribution in [0.4, 0.5) is 10.5 Å². The highest BCUT2D eigenvalue weighted by atomic mass is 79.9. The summed E-state index contributed by atoms with van der Waals surface area (Å²) >= 11 is 3.33. The van der Waals surface area contributed by atoms with E-state index < -0.39 is 23.5 Å². The van der Waals surface area contributed by atoms with E-state index in [1.54, 1.807) is 50.2 Å². The molecule has 0 fully saturated rings. The molecule has 160 valence electrons. The van der Waals surface area contributed by atoms with Gasteiger partial charge in [-0.2, -0.15) is 0 Å². The third-order valence-corrected chi connectivity index (χ3v) is 4.80. The molecule has 2 aromatic rings. The van der Waals surface area contributed by atoms with Crippen LogP contribution < -0.4 is 15.5 Å². The second kappa shape index (κ2) is 10.1. The third kappa shape index (κ3) is 6.23. The van der Waals surface area contributed by atoms with Crippen molar-refractivity contribution in [3.63, 3.8) is 0 Å². The lowest BCUT2D eigenvalue weighted by Gasteiger charge is -2.32. The SMILES string of the molecule is COc1ccc([C@@H](OC(=O)Nc2ccc(Br)cc2)C(C)(C)/C=C/C(=O)NO)cc1O. The van der Waals surface area contributed by atoms with Crippen LogP contribution in [0.15, 0.2) is 59.1 Å². The lowest BCUT2D eigenvalue weighted by atomic mass is 9.82. The molecule has 0 radical (unpaired) electrons. The lowest BCUT2D eigenvalue weighted by molar-refractivity contribution is -0.124. The number of aromatic hydroxyl groups is 1. The molecule has 0 aromatic heterocycles. The minimum atomic E-state index is -0.884. The first kappa shape index (κ1) is 23.2. The maximum Gasteiger partial charge on any atom is 0.412 e. The first-order valence-corrected chi connectivity index (χ1v) is 9.69. The van der Waals surface area contributed by atoms with Crippen LogP contribution in [0.3, 0.4) is 0 Å². The number of benzene rings is 2. The summed E-state index contributed by atoms with van der Waals surface area (Å²) in [7, 11) is 1.43. The molecule has 0 saturated heterocycles. The predicted molar refractivity (Wildman–Crippen MR) is 114 cm³/mol. The van der Waals surface area contributed by atoms with E-state index in [0.717, 1.165) is 10.5 Å². The topological polar surface area (TPSA) is 117 Å². The molecule has 0 aliphatic carbocycles. The molecule has 0 bridgehead atoms. The van der Waals surface area contributed by atoms with Crippen LogP contribution in [0, 0.1) is 5.41 Å². The van der Waals surface area contributed by atoms with E-state index >= 15 is 0 Å². The number of hydroxylamine groups is 1. The monoisotopic (exact) mass is 478 g/mol. The number of methoxy groups -OCH3 is 1. The molecule has 0 unspecified atom stereocenters. The van der Waals surface area contributed by atoms with Crippen molar-refractivity contribution >= 4 is 33.6 Å². The number of nitrogens with one attached hydrogen (secondary N) is 2. The summed E-state index contributed by atoms with van der Waals surface area (Å²) in [5.41, 5.74) is 1.65. The Morgan fingerprint density at radius 1 is 1.17 bits per heavy atom. The van der Waals surface area contributed by atoms with Crippen molar-refractivity contribution in [2.24, 2.45) is 5.41 Å². The fraction of sp³-hybridized carbons (Fsp3) is 0.238. The maximum absolute atomic E-state index is 12.6. The number of phenols is 1. The number of ether oxygens (including phenoxy) is 2. The molecular weight excluding hydrogens is 456 g/mol. The maximum atomic E-state index is 12.6. The number of hydrogen-bond donors (Lipinski definition) is 4. The summed E-state index contributed by atoms with van der Waals surface area (Å²) in [6.07, 6.45) is 1.03. The Hall–Kier alpha value is -3.04. The summed E-state index contributed by atoms with van der Waals surface area (Å²) in [5, 5.41) is 21.5. The van der Waals surface area contributed by atoms with Gasteiger partial charge >= 0.3 is 6.09 Å². The molecule has 8 nitrogen and oxygen atoms in total. The lowest BCUT2D eigenvalue weighted by Crippen LogP contribution is -2.28. The van der Waals surface area contributed by atoms with Crippen molar-refractivity contribution in [3.8, 4) is 11.5 Å². The molecule has 0 aliphatic heterocycles. The van der Waals surface area contributed by atoms with Gasteiger partial charge in [0.2, 0.25) is 0 Å². The molecule has 2 rings (SSSR count). The second-order valence-corrected chi connectivity index (χ2v) is 7.89. The van der Waals surface area contributed by atoms with Gasteiger partial charge in [0.1, 0.15) is 6.10 Å². The van der Waals surface area contributed by atoms with Crippen LogP contribution in [-0.4, -0.2) is 29.4 Å². The zero-order chi connectivity index (χ0) is 22.3. The van der Waals surface area contributed by atoms with E-state index in [1.807, 2.05) is 0 Å². The van der Waals surface area contributed by atoms with E-state index in [9.17, 15) is 14.7 Å². The summed E-state index contributed by atoms with van der Waals surface area (Å²) in [4.78, 5) is 24.0. The Morgan fingerprint density at radius 2 is 1.83 bits per heavy atom. The number of amides is 2. The van der Waals surface area contributed by atoms with E-state index in [1.165, 1.54) is 24.7 Å². The van der Waals surface area contributed by atoms with E-state index in [0.29, 0.717) is 11.3 Å². The normalized spacial score (nSPS) is 12.3. The van der Waals surface area contributed by atoms with Gasteiger partial charge in [0.15, 0.2) is 11.5 Å². The van der Waals surface area contributed by atoms with Crippen molar-refractivity contribution in [1.29, 1.82) is 0 Å². The van der Waals surface area contributed by atoms with E-state index in [2.05, 4.69) is 21.2 Å². The van der Waals surface area contributed by atoms with E-state index in [4.69, 9.17) is 14.7 Å². The summed E-state index contributed by atoms with van der Waals surface area (Å²) < 4.78 is 11.6. The minimum absolute atomic E-state index is 0.121. The average Bonchev–Trinajstić information content (AvgIpc) is 2.71. The van der Waals surface area contributed by atoms with Gasteiger partial charge in [-0.15, -0.1) is 0 Å². The fourth-order valence-electron chi connectivity index (χ4n) is 2.72. The van der Waals surface area contributed by atoms with E-state index in [-0.39, 0.29) is 11.5 Å². The van der Waals surface area contributed by atoms with Gasteiger partial charge in [0.05, 0.1) is 7.11 Å². The molecule has 1 atom stereocenters. The smallest absolute Gasteiger partial charge is 0.412 e. The van der Waals surface area contributed by atoms with Gasteiger partial charge < -0.3 is 14.6 Å². The molecule has 2 aromatic carbocycles. The van der Waals surface area contributed by atoms with Gasteiger partial charge in [0.25, 0.3) is 5.91 Å². The summed E-state index contributed by atoms with van der Waals surface area (Å²) in [6.45, 7) is 3.49. The van der Waals surface area contributed by atoms with Gasteiger partial charge in [-0.1, -0.05) is 41.9 Å². The number of anilines is 1. The molecule has 0 heterocycles. The van der Waals surface area contributed by atoms with Crippen LogP contribution in [0.5, 0.6) is 11.5 Å². The van der Waals surface area contributed by atoms with Crippen LogP contribution in [0.25, 0.3) is 0 Å². The molecule has 9 heteroatoms. The molecule has 2 amide bonds. The third-order valence-electron chi connectivity index (χ3n) is 4.27. The number of carbonyl (C=O) groups excluding carboxylic acids is 2. The van der Waals surface area contributed by atoms with Gasteiger partial charge in [-0.05, 0) is 42.0 Å². The number of carbonyl (C=O) groups is 2. The summed E-state index contributed by atoms with van der Waals surface area (Å²) in [5.74, 6) is -0.576. The highest BCUT2D eigenvalue weighted by Crippen LogP contribution is 2.41. The van der Waals surface area contributed by atoms with Crippen molar-refractivity contribution in [2.45, 2.75) is 20.0 Å². The standard InChI is InChI=1S/C21H23BrN2O6/c1-21(2,11-10-18(26)24-28)19(13-4-9-17(29-3)16(25)12-13)30-20(27)23-15-7-5-14(22)6-8-15/h4-12,19,25,28H,1-3H3,(H,23,27)(H,24,26)/b11-10+/t19-/m1/s1. The Balaban J connectivity index is 2.33. The fourth-order valence-corrected chi connectivity index (χ4v) is 2.99. The first-order valence-electron chi connectivity index (χ1n) is 8.89. The van der Waals surface area contributed by atoms with Crippen LogP contribution in [-0.2, 0) is 9.53 Å². The molecular formula is C21H23BrN2O6. The molecule has 0 saturated carbocycles. The number of phenolic OH excluding ortho intramolecular Hbond substituents is 1. The second-order valence-electron chi connectivity index (χ2n) is 6.98. The Labute approximate surface area is 182 Å². The largest absolute Gasteiger partial charge is 0.504 e. The van der Waals surface area contributed by atoms with Crippen LogP contribution in [0.2, 0.25) is 0 Å². The highest BCUT2D eigenvalue weighted by molar-refractivity contribution is 9.10. The quantitative estimate of drug-likeness (QED) is 0.263. The number of hydrogen-bond acceptors (Lipinski definition) is 6. The first-order chi connectivity index (χ1) is 14.2. The number of halogens is 1. The van der Waals surface area contributed by atoms with Crippen LogP contribution >= 0.6 is 15.9 Å². The zero-order valence-corrected chi connectivity index (χ0v) is 18.3. The Kier molecular flexibility index (Phi) is 7.85. The highest BCUT2D eigenvalue weighted by Gasteiger charge is 2.33. The molecule has 30 heavy (non-hydrogen) atoms. The van der Waals surface area contributed by atoms with Gasteiger partial charge in [-0.3, -0.25) is 15.3 Å². The Morgan fingerprint density at radius 3 is 2.40 bits per heavy atom. The van der Waals surface area contributed by atoms with Gasteiger partial charge in [-0.25, -0.2) is 10.3 Å². The molecule has 0 spiro atoms. The van der Waals surface area contributed by atoms with Crippen molar-refractivity contribution in [1.82, 2.24) is 5.48 Å². The van der Waals surface area contributed by atoms with Gasteiger partial charge in [0, 0.05) is 21.7 Å². The van der Waals surface area contributed by atoms with Crippen molar-refractivity contribution in [2.75, 3.05) is 12.4 Å². The predicted octanol–water partition coefficient (Wildman–Crippen LogP) is 4.54.